The second-order valence-electron chi connectivity index (χ2n) is 5.72. The first-order chi connectivity index (χ1) is 13.1. The topological polar surface area (TPSA) is 106 Å². The number of hydrogen-bond acceptors (Lipinski definition) is 6. The molecular formula is C18H11F2N7. The fourth-order valence-corrected chi connectivity index (χ4v) is 2.74. The summed E-state index contributed by atoms with van der Waals surface area (Å²) in [4.78, 5) is 16.8. The molecule has 0 saturated carbocycles. The number of pyridine rings is 1. The third-order valence-corrected chi connectivity index (χ3v) is 4.00. The maximum atomic E-state index is 14.0. The van der Waals surface area contributed by atoms with E-state index in [9.17, 15) is 8.78 Å². The summed E-state index contributed by atoms with van der Waals surface area (Å²) in [7, 11) is 0. The standard InChI is InChI=1S/C18H11F2N7/c19-12-2-1-3-13(20)11(12)8-27-9-24-16-15(25-18(22)26-17(16)27)14-6-10(7-21)4-5-23-14/h1-6,9H,8H2,(H2,22,25,26). The molecule has 3 aromatic heterocycles. The summed E-state index contributed by atoms with van der Waals surface area (Å²) >= 11 is 0. The minimum Gasteiger partial charge on any atom is -0.368 e. The number of nitriles is 1. The maximum Gasteiger partial charge on any atom is 0.222 e. The average Bonchev–Trinajstić information content (AvgIpc) is 3.07. The molecule has 3 heterocycles. The number of benzene rings is 1. The molecule has 4 rings (SSSR count). The highest BCUT2D eigenvalue weighted by atomic mass is 19.1. The van der Waals surface area contributed by atoms with Gasteiger partial charge in [-0.05, 0) is 24.3 Å². The van der Waals surface area contributed by atoms with Crippen molar-refractivity contribution in [1.82, 2.24) is 24.5 Å². The normalized spacial score (nSPS) is 10.9. The lowest BCUT2D eigenvalue weighted by molar-refractivity contribution is 0.546. The number of halogens is 2. The molecule has 0 amide bonds. The van der Waals surface area contributed by atoms with E-state index in [4.69, 9.17) is 11.0 Å². The summed E-state index contributed by atoms with van der Waals surface area (Å²) in [6.07, 6.45) is 2.88. The van der Waals surface area contributed by atoms with Gasteiger partial charge in [0.25, 0.3) is 0 Å². The highest BCUT2D eigenvalue weighted by Gasteiger charge is 2.17. The summed E-state index contributed by atoms with van der Waals surface area (Å²) in [5.41, 5.74) is 7.51. The summed E-state index contributed by atoms with van der Waals surface area (Å²) in [6, 6.07) is 8.81. The van der Waals surface area contributed by atoms with Crippen LogP contribution >= 0.6 is 0 Å². The van der Waals surface area contributed by atoms with Gasteiger partial charge in [0, 0.05) is 11.8 Å². The van der Waals surface area contributed by atoms with Crippen molar-refractivity contribution in [2.45, 2.75) is 6.54 Å². The number of nitrogens with two attached hydrogens (primary N) is 1. The molecule has 7 nitrogen and oxygen atoms in total. The minimum absolute atomic E-state index is 0.0441. The SMILES string of the molecule is N#Cc1ccnc(-c2nc(N)nc3c2ncn3Cc2c(F)cccc2F)c1. The van der Waals surface area contributed by atoms with Crippen LogP contribution in [0.15, 0.2) is 42.9 Å². The molecule has 0 fully saturated rings. The molecule has 0 radical (unpaired) electrons. The van der Waals surface area contributed by atoms with Gasteiger partial charge in [0.05, 0.1) is 30.2 Å². The average molecular weight is 363 g/mol. The van der Waals surface area contributed by atoms with Crippen molar-refractivity contribution >= 4 is 17.1 Å². The molecule has 0 saturated heterocycles. The Balaban J connectivity index is 1.87. The van der Waals surface area contributed by atoms with Crippen LogP contribution in [-0.4, -0.2) is 24.5 Å². The summed E-state index contributed by atoms with van der Waals surface area (Å²) < 4.78 is 29.4. The van der Waals surface area contributed by atoms with E-state index < -0.39 is 11.6 Å². The predicted octanol–water partition coefficient (Wildman–Crippen LogP) is 2.67. The first kappa shape index (κ1) is 16.5. The lowest BCUT2D eigenvalue weighted by Gasteiger charge is -2.08. The summed E-state index contributed by atoms with van der Waals surface area (Å²) in [6.45, 7) is -0.115. The van der Waals surface area contributed by atoms with Gasteiger partial charge in [0.2, 0.25) is 5.95 Å². The Bertz CT molecular complexity index is 1190. The van der Waals surface area contributed by atoms with Gasteiger partial charge in [-0.3, -0.25) is 4.98 Å². The molecular weight excluding hydrogens is 352 g/mol. The Kier molecular flexibility index (Phi) is 3.93. The van der Waals surface area contributed by atoms with Gasteiger partial charge in [0.15, 0.2) is 5.65 Å². The fourth-order valence-electron chi connectivity index (χ4n) is 2.74. The first-order valence-corrected chi connectivity index (χ1v) is 7.84. The smallest absolute Gasteiger partial charge is 0.222 e. The zero-order valence-corrected chi connectivity index (χ0v) is 13.8. The Morgan fingerprint density at radius 1 is 1.11 bits per heavy atom. The zero-order chi connectivity index (χ0) is 19.0. The molecule has 0 spiro atoms. The lowest BCUT2D eigenvalue weighted by Crippen LogP contribution is -2.06. The van der Waals surface area contributed by atoms with E-state index in [2.05, 4.69) is 19.9 Å². The van der Waals surface area contributed by atoms with Crippen LogP contribution in [0, 0.1) is 23.0 Å². The number of imidazole rings is 1. The zero-order valence-electron chi connectivity index (χ0n) is 13.8. The summed E-state index contributed by atoms with van der Waals surface area (Å²) in [5.74, 6) is -1.37. The lowest BCUT2D eigenvalue weighted by atomic mass is 10.2. The maximum absolute atomic E-state index is 14.0. The second-order valence-corrected chi connectivity index (χ2v) is 5.72. The Labute approximate surface area is 151 Å². The summed E-state index contributed by atoms with van der Waals surface area (Å²) in [5, 5.41) is 9.07. The van der Waals surface area contributed by atoms with Crippen molar-refractivity contribution in [2.24, 2.45) is 0 Å². The number of hydrogen-bond donors (Lipinski definition) is 1. The van der Waals surface area contributed by atoms with Gasteiger partial charge in [0.1, 0.15) is 22.8 Å². The number of fused-ring (bicyclic) bond motifs is 1. The van der Waals surface area contributed by atoms with Gasteiger partial charge in [-0.15, -0.1) is 0 Å². The van der Waals surface area contributed by atoms with E-state index in [1.54, 1.807) is 12.1 Å². The van der Waals surface area contributed by atoms with Crippen molar-refractivity contribution in [3.63, 3.8) is 0 Å². The number of anilines is 1. The third kappa shape index (κ3) is 2.93. The van der Waals surface area contributed by atoms with Crippen molar-refractivity contribution in [2.75, 3.05) is 5.73 Å². The van der Waals surface area contributed by atoms with E-state index in [-0.39, 0.29) is 18.1 Å². The van der Waals surface area contributed by atoms with Gasteiger partial charge in [-0.25, -0.2) is 18.7 Å². The van der Waals surface area contributed by atoms with Crippen LogP contribution in [0.2, 0.25) is 0 Å². The molecule has 132 valence electrons. The Hall–Kier alpha value is -3.93. The van der Waals surface area contributed by atoms with E-state index in [1.807, 2.05) is 6.07 Å². The van der Waals surface area contributed by atoms with E-state index in [0.29, 0.717) is 28.1 Å². The van der Waals surface area contributed by atoms with Crippen LogP contribution in [0.3, 0.4) is 0 Å². The minimum atomic E-state index is -0.664. The van der Waals surface area contributed by atoms with Crippen LogP contribution in [0.5, 0.6) is 0 Å². The van der Waals surface area contributed by atoms with Crippen molar-refractivity contribution in [3.8, 4) is 17.5 Å². The predicted molar refractivity (Wildman–Crippen MR) is 93.1 cm³/mol. The van der Waals surface area contributed by atoms with Gasteiger partial charge >= 0.3 is 0 Å². The van der Waals surface area contributed by atoms with Crippen LogP contribution in [0.25, 0.3) is 22.6 Å². The largest absolute Gasteiger partial charge is 0.368 e. The van der Waals surface area contributed by atoms with Crippen LogP contribution in [0.4, 0.5) is 14.7 Å². The molecule has 27 heavy (non-hydrogen) atoms. The first-order valence-electron chi connectivity index (χ1n) is 7.84. The van der Waals surface area contributed by atoms with Crippen molar-refractivity contribution in [1.29, 1.82) is 5.26 Å². The third-order valence-electron chi connectivity index (χ3n) is 4.00. The van der Waals surface area contributed by atoms with E-state index >= 15 is 0 Å². The van der Waals surface area contributed by atoms with Crippen LogP contribution in [-0.2, 0) is 6.54 Å². The molecule has 0 aliphatic carbocycles. The molecule has 0 aliphatic rings. The monoisotopic (exact) mass is 363 g/mol. The number of nitrogens with zero attached hydrogens (tertiary/aromatic N) is 6. The molecule has 2 N–H and O–H groups in total. The molecule has 0 bridgehead atoms. The molecule has 0 aliphatic heterocycles. The number of aromatic nitrogens is 5. The van der Waals surface area contributed by atoms with Gasteiger partial charge in [-0.2, -0.15) is 10.2 Å². The highest BCUT2D eigenvalue weighted by molar-refractivity contribution is 5.87. The Morgan fingerprint density at radius 3 is 2.63 bits per heavy atom. The van der Waals surface area contributed by atoms with Crippen molar-refractivity contribution < 1.29 is 8.78 Å². The van der Waals surface area contributed by atoms with E-state index in [1.165, 1.54) is 35.3 Å². The Morgan fingerprint density at radius 2 is 1.89 bits per heavy atom. The highest BCUT2D eigenvalue weighted by Crippen LogP contribution is 2.26. The molecule has 0 unspecified atom stereocenters. The molecule has 9 heteroatoms. The molecule has 4 aromatic rings. The fraction of sp³-hybridized carbons (Fsp3) is 0.0556. The second kappa shape index (κ2) is 6.42. The quantitative estimate of drug-likeness (QED) is 0.600. The van der Waals surface area contributed by atoms with Crippen molar-refractivity contribution in [3.05, 3.63) is 65.6 Å². The number of nitrogen functional groups attached to an aromatic ring is 1. The molecule has 0 atom stereocenters. The van der Waals surface area contributed by atoms with Crippen LogP contribution < -0.4 is 5.73 Å². The number of rotatable bonds is 3. The van der Waals surface area contributed by atoms with Gasteiger partial charge < -0.3 is 10.3 Å². The molecule has 1 aromatic carbocycles. The van der Waals surface area contributed by atoms with Gasteiger partial charge in [-0.1, -0.05) is 6.07 Å². The van der Waals surface area contributed by atoms with Crippen LogP contribution in [0.1, 0.15) is 11.1 Å². The van der Waals surface area contributed by atoms with E-state index in [0.717, 1.165) is 0 Å².